The summed E-state index contributed by atoms with van der Waals surface area (Å²) in [6.07, 6.45) is 6.53. The molecule has 0 saturated heterocycles. The monoisotopic (exact) mass is 389 g/mol. The van der Waals surface area contributed by atoms with Crippen LogP contribution < -0.4 is 4.72 Å². The molecule has 0 bridgehead atoms. The van der Waals surface area contributed by atoms with Crippen LogP contribution in [0.4, 0.5) is 0 Å². The quantitative estimate of drug-likeness (QED) is 0.515. The fourth-order valence-corrected chi connectivity index (χ4v) is 4.45. The van der Waals surface area contributed by atoms with Crippen molar-refractivity contribution in [1.82, 2.24) is 14.9 Å². The fraction of sp³-hybridized carbons (Fsp3) is 0.333. The van der Waals surface area contributed by atoms with Gasteiger partial charge in [-0.15, -0.1) is 10.2 Å². The van der Waals surface area contributed by atoms with Gasteiger partial charge in [0.15, 0.2) is 0 Å². The largest absolute Gasteiger partial charge is 0.255 e. The maximum absolute atomic E-state index is 4.63. The van der Waals surface area contributed by atoms with E-state index >= 15 is 0 Å². The number of aromatic nitrogens is 2. The number of nitrogens with zero attached hydrogens (tertiary/aromatic N) is 2. The zero-order chi connectivity index (χ0) is 19.3. The first-order valence-corrected chi connectivity index (χ1v) is 10.9. The molecule has 1 heterocycles. The highest BCUT2D eigenvalue weighted by molar-refractivity contribution is 7.97. The number of hydrogen-bond donors (Lipinski definition) is 1. The second-order valence-electron chi connectivity index (χ2n) is 7.73. The molecule has 0 unspecified atom stereocenters. The molecule has 144 valence electrons. The number of aryl methyl sites for hydroxylation is 2. The number of hydrogen-bond acceptors (Lipinski definition) is 4. The van der Waals surface area contributed by atoms with Crippen molar-refractivity contribution in [2.24, 2.45) is 0 Å². The van der Waals surface area contributed by atoms with Crippen molar-refractivity contribution in [2.75, 3.05) is 0 Å². The Morgan fingerprint density at radius 3 is 2.04 bits per heavy atom. The summed E-state index contributed by atoms with van der Waals surface area (Å²) in [4.78, 5) is 0. The zero-order valence-corrected chi connectivity index (χ0v) is 17.4. The Morgan fingerprint density at radius 2 is 1.39 bits per heavy atom. The van der Waals surface area contributed by atoms with Crippen molar-refractivity contribution in [1.29, 1.82) is 0 Å². The standard InChI is InChI=1S/C24H27N3S/c1-17-8-12-19(13-9-17)22-16-23(28-27-21-6-4-3-5-7-21)25-26-24(22)20-14-10-18(2)11-15-20/h8-16,21,27H,3-7H2,1-2H3. The lowest BCUT2D eigenvalue weighted by Gasteiger charge is -2.22. The summed E-state index contributed by atoms with van der Waals surface area (Å²) >= 11 is 1.62. The Morgan fingerprint density at radius 1 is 0.786 bits per heavy atom. The summed E-state index contributed by atoms with van der Waals surface area (Å²) in [7, 11) is 0. The molecule has 0 spiro atoms. The van der Waals surface area contributed by atoms with Gasteiger partial charge in [-0.2, -0.15) is 0 Å². The smallest absolute Gasteiger partial charge is 0.134 e. The van der Waals surface area contributed by atoms with Crippen LogP contribution >= 0.6 is 11.9 Å². The Kier molecular flexibility index (Phi) is 6.08. The number of rotatable bonds is 5. The molecular weight excluding hydrogens is 362 g/mol. The van der Waals surface area contributed by atoms with Gasteiger partial charge in [0.25, 0.3) is 0 Å². The highest BCUT2D eigenvalue weighted by Gasteiger charge is 2.16. The molecule has 1 aliphatic carbocycles. The van der Waals surface area contributed by atoms with Gasteiger partial charge >= 0.3 is 0 Å². The third-order valence-corrected chi connectivity index (χ3v) is 6.25. The van der Waals surface area contributed by atoms with E-state index in [1.165, 1.54) is 48.8 Å². The Hall–Kier alpha value is -2.17. The van der Waals surface area contributed by atoms with Gasteiger partial charge < -0.3 is 0 Å². The number of benzene rings is 2. The van der Waals surface area contributed by atoms with Gasteiger partial charge in [-0.3, -0.25) is 4.72 Å². The lowest BCUT2D eigenvalue weighted by atomic mass is 9.96. The molecule has 3 nitrogen and oxygen atoms in total. The molecule has 4 heteroatoms. The first-order chi connectivity index (χ1) is 13.7. The van der Waals surface area contributed by atoms with Gasteiger partial charge in [0.05, 0.1) is 0 Å². The van der Waals surface area contributed by atoms with Crippen LogP contribution in [-0.2, 0) is 0 Å². The Bertz CT molecular complexity index is 914. The molecule has 1 fully saturated rings. The van der Waals surface area contributed by atoms with Gasteiger partial charge in [-0.25, -0.2) is 0 Å². The van der Waals surface area contributed by atoms with E-state index in [9.17, 15) is 0 Å². The van der Waals surface area contributed by atoms with Gasteiger partial charge in [-0.1, -0.05) is 78.9 Å². The topological polar surface area (TPSA) is 37.8 Å². The summed E-state index contributed by atoms with van der Waals surface area (Å²) in [6.45, 7) is 4.22. The van der Waals surface area contributed by atoms with Crippen LogP contribution in [-0.4, -0.2) is 16.2 Å². The third-order valence-electron chi connectivity index (χ3n) is 5.39. The van der Waals surface area contributed by atoms with Crippen molar-refractivity contribution >= 4 is 11.9 Å². The lowest BCUT2D eigenvalue weighted by molar-refractivity contribution is 0.423. The molecule has 1 aliphatic rings. The van der Waals surface area contributed by atoms with Crippen LogP contribution in [0.3, 0.4) is 0 Å². The van der Waals surface area contributed by atoms with Crippen molar-refractivity contribution < 1.29 is 0 Å². The second-order valence-corrected chi connectivity index (χ2v) is 8.59. The van der Waals surface area contributed by atoms with E-state index in [-0.39, 0.29) is 0 Å². The minimum atomic E-state index is 0.583. The molecule has 0 amide bonds. The van der Waals surface area contributed by atoms with E-state index < -0.39 is 0 Å². The summed E-state index contributed by atoms with van der Waals surface area (Å²) in [5.74, 6) is 0. The highest BCUT2D eigenvalue weighted by atomic mass is 32.2. The SMILES string of the molecule is Cc1ccc(-c2cc(SNC3CCCCC3)nnc2-c2ccc(C)cc2)cc1. The van der Waals surface area contributed by atoms with Crippen molar-refractivity contribution in [3.63, 3.8) is 0 Å². The maximum atomic E-state index is 4.63. The minimum absolute atomic E-state index is 0.583. The third kappa shape index (κ3) is 4.62. The average molecular weight is 390 g/mol. The van der Waals surface area contributed by atoms with E-state index in [0.29, 0.717) is 6.04 Å². The first kappa shape index (κ1) is 19.2. The van der Waals surface area contributed by atoms with E-state index in [1.54, 1.807) is 11.9 Å². The molecule has 3 aromatic rings. The molecular formula is C24H27N3S. The predicted octanol–water partition coefficient (Wildman–Crippen LogP) is 6.36. The van der Waals surface area contributed by atoms with Crippen molar-refractivity contribution in [2.45, 2.75) is 57.0 Å². The summed E-state index contributed by atoms with van der Waals surface area (Å²) in [5.41, 5.74) is 6.85. The normalized spacial score (nSPS) is 14.9. The summed E-state index contributed by atoms with van der Waals surface area (Å²) in [6, 6.07) is 19.9. The van der Waals surface area contributed by atoms with Gasteiger partial charge in [0, 0.05) is 17.2 Å². The lowest BCUT2D eigenvalue weighted by Crippen LogP contribution is -2.25. The molecule has 4 rings (SSSR count). The van der Waals surface area contributed by atoms with Crippen LogP contribution in [0.5, 0.6) is 0 Å². The summed E-state index contributed by atoms with van der Waals surface area (Å²) in [5, 5.41) is 10.1. The predicted molar refractivity (Wildman–Crippen MR) is 118 cm³/mol. The van der Waals surface area contributed by atoms with Gasteiger partial charge in [0.2, 0.25) is 0 Å². The zero-order valence-electron chi connectivity index (χ0n) is 16.6. The van der Waals surface area contributed by atoms with Crippen LogP contribution in [0.2, 0.25) is 0 Å². The van der Waals surface area contributed by atoms with E-state index in [4.69, 9.17) is 0 Å². The molecule has 0 atom stereocenters. The minimum Gasteiger partial charge on any atom is -0.255 e. The van der Waals surface area contributed by atoms with E-state index in [1.807, 2.05) is 0 Å². The molecule has 0 radical (unpaired) electrons. The number of nitrogens with one attached hydrogen (secondary N) is 1. The maximum Gasteiger partial charge on any atom is 0.134 e. The Balaban J connectivity index is 1.65. The fourth-order valence-electron chi connectivity index (χ4n) is 3.67. The molecule has 28 heavy (non-hydrogen) atoms. The first-order valence-electron chi connectivity index (χ1n) is 10.1. The van der Waals surface area contributed by atoms with Crippen molar-refractivity contribution in [3.05, 3.63) is 65.7 Å². The molecule has 1 saturated carbocycles. The molecule has 1 aromatic heterocycles. The highest BCUT2D eigenvalue weighted by Crippen LogP contribution is 2.33. The Labute approximate surface area is 172 Å². The molecule has 2 aromatic carbocycles. The molecule has 0 aliphatic heterocycles. The van der Waals surface area contributed by atoms with E-state index in [0.717, 1.165) is 21.8 Å². The molecule has 1 N–H and O–H groups in total. The summed E-state index contributed by atoms with van der Waals surface area (Å²) < 4.78 is 3.61. The van der Waals surface area contributed by atoms with Crippen LogP contribution in [0.15, 0.2) is 59.6 Å². The van der Waals surface area contributed by atoms with Crippen LogP contribution in [0.25, 0.3) is 22.4 Å². The van der Waals surface area contributed by atoms with Gasteiger partial charge in [-0.05, 0) is 50.3 Å². The van der Waals surface area contributed by atoms with Crippen LogP contribution in [0, 0.1) is 13.8 Å². The van der Waals surface area contributed by atoms with Crippen molar-refractivity contribution in [3.8, 4) is 22.4 Å². The van der Waals surface area contributed by atoms with Gasteiger partial charge in [0.1, 0.15) is 10.7 Å². The average Bonchev–Trinajstić information content (AvgIpc) is 2.74. The van der Waals surface area contributed by atoms with E-state index in [2.05, 4.69) is 83.4 Å². The second kappa shape index (κ2) is 8.89. The van der Waals surface area contributed by atoms with Crippen LogP contribution in [0.1, 0.15) is 43.2 Å².